The van der Waals surface area contributed by atoms with Gasteiger partial charge in [-0.3, -0.25) is 4.79 Å². The number of carbonyl (C=O) groups excluding carboxylic acids is 1. The van der Waals surface area contributed by atoms with Crippen LogP contribution in [-0.2, 0) is 11.2 Å². The zero-order chi connectivity index (χ0) is 17.5. The van der Waals surface area contributed by atoms with Gasteiger partial charge in [-0.2, -0.15) is 0 Å². The molecule has 0 aliphatic carbocycles. The van der Waals surface area contributed by atoms with Crippen LogP contribution in [0, 0.1) is 11.8 Å². The van der Waals surface area contributed by atoms with Crippen LogP contribution in [0.4, 0.5) is 4.79 Å². The molecule has 0 radical (unpaired) electrons. The Kier molecular flexibility index (Phi) is 6.64. The van der Waals surface area contributed by atoms with E-state index in [1.165, 1.54) is 0 Å². The lowest BCUT2D eigenvalue weighted by atomic mass is 9.95. The molecule has 1 aromatic rings. The van der Waals surface area contributed by atoms with Gasteiger partial charge in [0.05, 0.1) is 0 Å². The minimum atomic E-state index is -0.830. The number of aliphatic carboxylic acids is 1. The number of carboxylic acids is 1. The predicted octanol–water partition coefficient (Wildman–Crippen LogP) is 3.15. The summed E-state index contributed by atoms with van der Waals surface area (Å²) in [6, 6.07) is 9.65. The number of amides is 2. The molecule has 24 heavy (non-hydrogen) atoms. The van der Waals surface area contributed by atoms with E-state index in [2.05, 4.69) is 19.2 Å². The van der Waals surface area contributed by atoms with Gasteiger partial charge in [0.15, 0.2) is 0 Å². The molecule has 1 aromatic carbocycles. The van der Waals surface area contributed by atoms with Crippen LogP contribution in [0.1, 0.15) is 38.7 Å². The first-order chi connectivity index (χ1) is 11.5. The third-order valence-electron chi connectivity index (χ3n) is 4.81. The number of rotatable bonds is 7. The molecule has 1 aliphatic heterocycles. The fraction of sp³-hybridized carbons (Fsp3) is 0.579. The van der Waals surface area contributed by atoms with Crippen molar-refractivity contribution in [1.29, 1.82) is 0 Å². The molecule has 5 nitrogen and oxygen atoms in total. The lowest BCUT2D eigenvalue weighted by Gasteiger charge is -2.24. The highest BCUT2D eigenvalue weighted by molar-refractivity contribution is 5.75. The summed E-state index contributed by atoms with van der Waals surface area (Å²) in [5.74, 6) is 0.306. The number of nitrogens with one attached hydrogen (secondary N) is 1. The molecule has 1 heterocycles. The maximum atomic E-state index is 12.5. The molecule has 2 atom stereocenters. The Morgan fingerprint density at radius 3 is 2.58 bits per heavy atom. The number of hydrogen-bond donors (Lipinski definition) is 2. The molecular formula is C19H28N2O3. The van der Waals surface area contributed by atoms with Crippen LogP contribution in [-0.4, -0.2) is 41.1 Å². The molecule has 0 spiro atoms. The molecule has 0 saturated carbocycles. The average molecular weight is 332 g/mol. The monoisotopic (exact) mass is 332 g/mol. The standard InChI is InChI=1S/C19H28N2O3/c1-14(2)16-10-11-21(13-16)19(24)20-17(8-9-18(22)23)12-15-6-4-3-5-7-15/h3-7,14,16-17H,8-13H2,1-2H3,(H,20,24)(H,22,23). The summed E-state index contributed by atoms with van der Waals surface area (Å²) < 4.78 is 0. The maximum Gasteiger partial charge on any atom is 0.317 e. The maximum absolute atomic E-state index is 12.5. The fourth-order valence-corrected chi connectivity index (χ4v) is 3.20. The van der Waals surface area contributed by atoms with Crippen molar-refractivity contribution in [3.8, 4) is 0 Å². The van der Waals surface area contributed by atoms with Crippen molar-refractivity contribution >= 4 is 12.0 Å². The molecule has 0 bridgehead atoms. The Hall–Kier alpha value is -2.04. The van der Waals surface area contributed by atoms with Crippen LogP contribution in [0.5, 0.6) is 0 Å². The minimum Gasteiger partial charge on any atom is -0.481 e. The van der Waals surface area contributed by atoms with E-state index < -0.39 is 5.97 Å². The second-order valence-corrected chi connectivity index (χ2v) is 7.01. The molecule has 0 aromatic heterocycles. The van der Waals surface area contributed by atoms with Gasteiger partial charge in [-0.15, -0.1) is 0 Å². The van der Waals surface area contributed by atoms with Crippen LogP contribution in [0.15, 0.2) is 30.3 Å². The van der Waals surface area contributed by atoms with Gasteiger partial charge in [0.25, 0.3) is 0 Å². The highest BCUT2D eigenvalue weighted by Gasteiger charge is 2.29. The van der Waals surface area contributed by atoms with Gasteiger partial charge in [-0.25, -0.2) is 4.79 Å². The molecule has 2 rings (SSSR count). The first-order valence-electron chi connectivity index (χ1n) is 8.77. The Labute approximate surface area is 144 Å². The van der Waals surface area contributed by atoms with E-state index in [-0.39, 0.29) is 18.5 Å². The van der Waals surface area contributed by atoms with Gasteiger partial charge in [0, 0.05) is 25.6 Å². The van der Waals surface area contributed by atoms with Crippen molar-refractivity contribution in [1.82, 2.24) is 10.2 Å². The summed E-state index contributed by atoms with van der Waals surface area (Å²) >= 11 is 0. The number of carbonyl (C=O) groups is 2. The number of nitrogens with zero attached hydrogens (tertiary/aromatic N) is 1. The molecular weight excluding hydrogens is 304 g/mol. The highest BCUT2D eigenvalue weighted by Crippen LogP contribution is 2.23. The van der Waals surface area contributed by atoms with Crippen LogP contribution in [0.25, 0.3) is 0 Å². The molecule has 132 valence electrons. The van der Waals surface area contributed by atoms with Crippen molar-refractivity contribution in [3.63, 3.8) is 0 Å². The van der Waals surface area contributed by atoms with Crippen LogP contribution in [0.2, 0.25) is 0 Å². The Bertz CT molecular complexity index is 545. The Morgan fingerprint density at radius 1 is 1.29 bits per heavy atom. The zero-order valence-electron chi connectivity index (χ0n) is 14.6. The third kappa shape index (κ3) is 5.55. The molecule has 5 heteroatoms. The Morgan fingerprint density at radius 2 is 2.00 bits per heavy atom. The number of carboxylic acid groups (broad SMARTS) is 1. The predicted molar refractivity (Wildman–Crippen MR) is 93.9 cm³/mol. The van der Waals surface area contributed by atoms with Gasteiger partial charge in [-0.1, -0.05) is 44.2 Å². The van der Waals surface area contributed by atoms with Crippen LogP contribution in [0.3, 0.4) is 0 Å². The number of benzene rings is 1. The van der Waals surface area contributed by atoms with E-state index in [9.17, 15) is 9.59 Å². The van der Waals surface area contributed by atoms with Gasteiger partial charge in [0.1, 0.15) is 0 Å². The number of hydrogen-bond acceptors (Lipinski definition) is 2. The SMILES string of the molecule is CC(C)C1CCN(C(=O)NC(CCC(=O)O)Cc2ccccc2)C1. The second kappa shape index (κ2) is 8.71. The largest absolute Gasteiger partial charge is 0.481 e. The molecule has 2 unspecified atom stereocenters. The van der Waals surface area contributed by atoms with E-state index in [4.69, 9.17) is 5.11 Å². The normalized spacial score (nSPS) is 18.6. The lowest BCUT2D eigenvalue weighted by Crippen LogP contribution is -2.45. The van der Waals surface area contributed by atoms with Crippen molar-refractivity contribution < 1.29 is 14.7 Å². The van der Waals surface area contributed by atoms with E-state index >= 15 is 0 Å². The first kappa shape index (κ1) is 18.3. The summed E-state index contributed by atoms with van der Waals surface area (Å²) in [5.41, 5.74) is 1.11. The minimum absolute atomic E-state index is 0.0619. The second-order valence-electron chi connectivity index (χ2n) is 7.01. The lowest BCUT2D eigenvalue weighted by molar-refractivity contribution is -0.137. The average Bonchev–Trinajstić information content (AvgIpc) is 3.04. The molecule has 2 N–H and O–H groups in total. The summed E-state index contributed by atoms with van der Waals surface area (Å²) in [6.45, 7) is 5.96. The van der Waals surface area contributed by atoms with E-state index in [1.54, 1.807) is 0 Å². The molecule has 1 saturated heterocycles. The zero-order valence-corrected chi connectivity index (χ0v) is 14.6. The highest BCUT2D eigenvalue weighted by atomic mass is 16.4. The molecule has 2 amide bonds. The van der Waals surface area contributed by atoms with Gasteiger partial charge >= 0.3 is 12.0 Å². The smallest absolute Gasteiger partial charge is 0.317 e. The van der Waals surface area contributed by atoms with Crippen molar-refractivity contribution in [2.24, 2.45) is 11.8 Å². The van der Waals surface area contributed by atoms with E-state index in [0.29, 0.717) is 24.7 Å². The third-order valence-corrected chi connectivity index (χ3v) is 4.81. The van der Waals surface area contributed by atoms with Crippen molar-refractivity contribution in [3.05, 3.63) is 35.9 Å². The van der Waals surface area contributed by atoms with Gasteiger partial charge < -0.3 is 15.3 Å². The fourth-order valence-electron chi connectivity index (χ4n) is 3.20. The first-order valence-corrected chi connectivity index (χ1v) is 8.77. The number of likely N-dealkylation sites (tertiary alicyclic amines) is 1. The van der Waals surface area contributed by atoms with Crippen molar-refractivity contribution in [2.45, 2.75) is 45.6 Å². The summed E-state index contributed by atoms with van der Waals surface area (Å²) in [7, 11) is 0. The Balaban J connectivity index is 1.94. The van der Waals surface area contributed by atoms with Crippen LogP contribution < -0.4 is 5.32 Å². The summed E-state index contributed by atoms with van der Waals surface area (Å²) in [4.78, 5) is 25.3. The van der Waals surface area contributed by atoms with Crippen molar-refractivity contribution in [2.75, 3.05) is 13.1 Å². The van der Waals surface area contributed by atoms with Gasteiger partial charge in [-0.05, 0) is 36.7 Å². The van der Waals surface area contributed by atoms with E-state index in [1.807, 2.05) is 35.2 Å². The topological polar surface area (TPSA) is 69.6 Å². The molecule has 1 aliphatic rings. The van der Waals surface area contributed by atoms with E-state index in [0.717, 1.165) is 25.1 Å². The summed E-state index contributed by atoms with van der Waals surface area (Å²) in [6.07, 6.45) is 2.20. The van der Waals surface area contributed by atoms with Crippen LogP contribution >= 0.6 is 0 Å². The quantitative estimate of drug-likeness (QED) is 0.806. The molecule has 1 fully saturated rings. The number of urea groups is 1. The van der Waals surface area contributed by atoms with Gasteiger partial charge in [0.2, 0.25) is 0 Å². The summed E-state index contributed by atoms with van der Waals surface area (Å²) in [5, 5.41) is 12.0.